The van der Waals surface area contributed by atoms with Crippen LogP contribution in [0.1, 0.15) is 11.3 Å². The zero-order valence-electron chi connectivity index (χ0n) is 11.0. The lowest BCUT2D eigenvalue weighted by Gasteiger charge is -2.17. The Bertz CT molecular complexity index is 715. The fourth-order valence-corrected chi connectivity index (χ4v) is 3.10. The van der Waals surface area contributed by atoms with E-state index in [4.69, 9.17) is 9.68 Å². The van der Waals surface area contributed by atoms with Crippen LogP contribution in [0.15, 0.2) is 52.0 Å². The summed E-state index contributed by atoms with van der Waals surface area (Å²) < 4.78 is 31.2. The van der Waals surface area contributed by atoms with Gasteiger partial charge in [-0.05, 0) is 24.3 Å². The van der Waals surface area contributed by atoms with Gasteiger partial charge in [-0.2, -0.15) is 5.26 Å². The Morgan fingerprint density at radius 2 is 2.00 bits per heavy atom. The van der Waals surface area contributed by atoms with Crippen molar-refractivity contribution in [2.75, 3.05) is 13.6 Å². The minimum atomic E-state index is -3.67. The van der Waals surface area contributed by atoms with Gasteiger partial charge in [0, 0.05) is 20.0 Å². The monoisotopic (exact) mass is 290 g/mol. The van der Waals surface area contributed by atoms with E-state index in [1.54, 1.807) is 30.5 Å². The third kappa shape index (κ3) is 2.90. The number of hydrogen-bond donors (Lipinski definition) is 0. The van der Waals surface area contributed by atoms with Crippen LogP contribution in [-0.2, 0) is 16.4 Å². The van der Waals surface area contributed by atoms with Crippen molar-refractivity contribution in [1.29, 1.82) is 5.26 Å². The maximum absolute atomic E-state index is 12.4. The Labute approximate surface area is 118 Å². The molecule has 0 spiro atoms. The lowest BCUT2D eigenvalue weighted by Crippen LogP contribution is -2.29. The molecule has 0 radical (unpaired) electrons. The first-order valence-electron chi connectivity index (χ1n) is 6.03. The normalized spacial score (nSPS) is 11.4. The van der Waals surface area contributed by atoms with Crippen LogP contribution in [-0.4, -0.2) is 26.3 Å². The number of likely N-dealkylation sites (N-methyl/N-ethyl adjacent to an activating group) is 1. The summed E-state index contributed by atoms with van der Waals surface area (Å²) in [5, 5.41) is 9.00. The largest absolute Gasteiger partial charge is 0.469 e. The quantitative estimate of drug-likeness (QED) is 0.844. The molecule has 2 aromatic rings. The highest BCUT2D eigenvalue weighted by Crippen LogP contribution is 2.18. The van der Waals surface area contributed by atoms with E-state index < -0.39 is 10.0 Å². The predicted molar refractivity (Wildman–Crippen MR) is 73.4 cm³/mol. The molecule has 0 atom stereocenters. The molecule has 0 aliphatic rings. The highest BCUT2D eigenvalue weighted by atomic mass is 32.2. The number of nitriles is 1. The molecule has 0 fully saturated rings. The average molecular weight is 290 g/mol. The summed E-state index contributed by atoms with van der Waals surface area (Å²) in [6, 6.07) is 11.6. The van der Waals surface area contributed by atoms with Crippen molar-refractivity contribution in [3.8, 4) is 6.07 Å². The van der Waals surface area contributed by atoms with Gasteiger partial charge in [-0.1, -0.05) is 12.1 Å². The van der Waals surface area contributed by atoms with Crippen molar-refractivity contribution in [2.45, 2.75) is 11.3 Å². The Morgan fingerprint density at radius 3 is 2.65 bits per heavy atom. The van der Waals surface area contributed by atoms with Crippen molar-refractivity contribution >= 4 is 10.0 Å². The molecule has 5 nitrogen and oxygen atoms in total. The molecular weight excluding hydrogens is 276 g/mol. The highest BCUT2D eigenvalue weighted by molar-refractivity contribution is 7.89. The molecule has 0 amide bonds. The summed E-state index contributed by atoms with van der Waals surface area (Å²) in [5.74, 6) is 0.723. The summed E-state index contributed by atoms with van der Waals surface area (Å²) in [4.78, 5) is 0.0319. The van der Waals surface area contributed by atoms with E-state index in [1.165, 1.54) is 23.5 Å². The fraction of sp³-hybridized carbons (Fsp3) is 0.214. The second-order valence-electron chi connectivity index (χ2n) is 4.26. The molecule has 0 saturated heterocycles. The summed E-state index contributed by atoms with van der Waals surface area (Å²) in [6.45, 7) is 0.287. The summed E-state index contributed by atoms with van der Waals surface area (Å²) in [7, 11) is -2.17. The second-order valence-corrected chi connectivity index (χ2v) is 6.28. The summed E-state index contributed by atoms with van der Waals surface area (Å²) in [5.41, 5.74) is 0.150. The minimum Gasteiger partial charge on any atom is -0.469 e. The smallest absolute Gasteiger partial charge is 0.244 e. The highest BCUT2D eigenvalue weighted by Gasteiger charge is 2.23. The number of furan rings is 1. The molecule has 0 saturated carbocycles. The van der Waals surface area contributed by atoms with Crippen LogP contribution in [0.25, 0.3) is 0 Å². The summed E-state index contributed by atoms with van der Waals surface area (Å²) >= 11 is 0. The van der Waals surface area contributed by atoms with Crippen LogP contribution in [0.3, 0.4) is 0 Å². The van der Waals surface area contributed by atoms with E-state index in [0.717, 1.165) is 5.76 Å². The van der Waals surface area contributed by atoms with Crippen LogP contribution in [0.5, 0.6) is 0 Å². The van der Waals surface area contributed by atoms with E-state index in [2.05, 4.69) is 0 Å². The zero-order valence-corrected chi connectivity index (χ0v) is 11.8. The Hall–Kier alpha value is -2.10. The zero-order chi connectivity index (χ0) is 14.6. The van der Waals surface area contributed by atoms with E-state index in [1.807, 2.05) is 6.07 Å². The van der Waals surface area contributed by atoms with Crippen molar-refractivity contribution in [3.05, 3.63) is 54.0 Å². The molecule has 0 bridgehead atoms. The van der Waals surface area contributed by atoms with Crippen molar-refractivity contribution in [2.24, 2.45) is 0 Å². The molecule has 104 valence electrons. The first kappa shape index (κ1) is 14.3. The van der Waals surface area contributed by atoms with Gasteiger partial charge >= 0.3 is 0 Å². The molecule has 1 aromatic carbocycles. The number of benzene rings is 1. The SMILES string of the molecule is CN(CCc1ccco1)S(=O)(=O)c1ccccc1C#N. The van der Waals surface area contributed by atoms with Gasteiger partial charge in [0.25, 0.3) is 0 Å². The lowest BCUT2D eigenvalue weighted by molar-refractivity contribution is 0.441. The topological polar surface area (TPSA) is 74.3 Å². The third-order valence-corrected chi connectivity index (χ3v) is 4.86. The molecule has 20 heavy (non-hydrogen) atoms. The number of nitrogens with zero attached hydrogens (tertiary/aromatic N) is 2. The molecule has 0 N–H and O–H groups in total. The van der Waals surface area contributed by atoms with Gasteiger partial charge in [0.1, 0.15) is 11.8 Å². The summed E-state index contributed by atoms with van der Waals surface area (Å²) in [6.07, 6.45) is 2.03. The van der Waals surface area contributed by atoms with Gasteiger partial charge in [0.15, 0.2) is 0 Å². The maximum atomic E-state index is 12.4. The van der Waals surface area contributed by atoms with E-state index in [-0.39, 0.29) is 17.0 Å². The van der Waals surface area contributed by atoms with Gasteiger partial charge < -0.3 is 4.42 Å². The minimum absolute atomic E-state index is 0.0319. The molecule has 0 aliphatic carbocycles. The van der Waals surface area contributed by atoms with E-state index in [9.17, 15) is 8.42 Å². The van der Waals surface area contributed by atoms with Crippen LogP contribution in [0.2, 0.25) is 0 Å². The molecular formula is C14H14N2O3S. The first-order chi connectivity index (χ1) is 9.55. The molecule has 2 rings (SSSR count). The predicted octanol–water partition coefficient (Wildman–Crippen LogP) is 2.01. The van der Waals surface area contributed by atoms with Gasteiger partial charge in [-0.15, -0.1) is 0 Å². The Kier molecular flexibility index (Phi) is 4.23. The molecule has 1 aromatic heterocycles. The van der Waals surface area contributed by atoms with E-state index in [0.29, 0.717) is 6.42 Å². The molecule has 1 heterocycles. The van der Waals surface area contributed by atoms with Gasteiger partial charge in [0.2, 0.25) is 10.0 Å². The van der Waals surface area contributed by atoms with E-state index >= 15 is 0 Å². The number of hydrogen-bond acceptors (Lipinski definition) is 4. The van der Waals surface area contributed by atoms with Crippen LogP contribution < -0.4 is 0 Å². The average Bonchev–Trinajstić information content (AvgIpc) is 2.97. The lowest BCUT2D eigenvalue weighted by atomic mass is 10.2. The van der Waals surface area contributed by atoms with Gasteiger partial charge in [0.05, 0.1) is 16.7 Å². The molecule has 6 heteroatoms. The number of rotatable bonds is 5. The van der Waals surface area contributed by atoms with Gasteiger partial charge in [-0.25, -0.2) is 12.7 Å². The number of sulfonamides is 1. The first-order valence-corrected chi connectivity index (χ1v) is 7.47. The second kappa shape index (κ2) is 5.90. The maximum Gasteiger partial charge on any atom is 0.244 e. The Balaban J connectivity index is 2.19. The third-order valence-electron chi connectivity index (χ3n) is 2.95. The van der Waals surface area contributed by atoms with Crippen LogP contribution in [0.4, 0.5) is 0 Å². The van der Waals surface area contributed by atoms with Crippen molar-refractivity contribution < 1.29 is 12.8 Å². The Morgan fingerprint density at radius 1 is 1.25 bits per heavy atom. The van der Waals surface area contributed by atoms with Gasteiger partial charge in [-0.3, -0.25) is 0 Å². The molecule has 0 aliphatic heterocycles. The van der Waals surface area contributed by atoms with Crippen LogP contribution >= 0.6 is 0 Å². The molecule has 0 unspecified atom stereocenters. The fourth-order valence-electron chi connectivity index (χ4n) is 1.79. The van der Waals surface area contributed by atoms with Crippen molar-refractivity contribution in [3.63, 3.8) is 0 Å². The van der Waals surface area contributed by atoms with Crippen molar-refractivity contribution in [1.82, 2.24) is 4.31 Å². The van der Waals surface area contributed by atoms with Crippen LogP contribution in [0, 0.1) is 11.3 Å². The standard InChI is InChI=1S/C14H14N2O3S/c1-16(9-8-13-6-4-10-19-13)20(17,18)14-7-3-2-5-12(14)11-15/h2-7,10H,8-9H2,1H3.